The summed E-state index contributed by atoms with van der Waals surface area (Å²) in [5.74, 6) is 0.153. The summed E-state index contributed by atoms with van der Waals surface area (Å²) in [6.45, 7) is 1.89. The van der Waals surface area contributed by atoms with E-state index in [4.69, 9.17) is 4.74 Å². The number of carbonyl (C=O) groups excluding carboxylic acids is 1. The van der Waals surface area contributed by atoms with Crippen LogP contribution in [0.15, 0.2) is 48.5 Å². The van der Waals surface area contributed by atoms with Crippen LogP contribution in [0.1, 0.15) is 27.7 Å². The Morgan fingerprint density at radius 1 is 1.19 bits per heavy atom. The molecule has 0 amide bonds. The number of hydrogen-bond acceptors (Lipinski definition) is 5. The fourth-order valence-electron chi connectivity index (χ4n) is 2.80. The van der Waals surface area contributed by atoms with Crippen LogP contribution < -0.4 is 4.74 Å². The zero-order valence-electron chi connectivity index (χ0n) is 14.8. The lowest BCUT2D eigenvalue weighted by Gasteiger charge is -2.11. The Labute approximate surface area is 151 Å². The van der Waals surface area contributed by atoms with Gasteiger partial charge in [-0.3, -0.25) is 4.79 Å². The zero-order chi connectivity index (χ0) is 18.7. The van der Waals surface area contributed by atoms with Gasteiger partial charge in [0.25, 0.3) is 0 Å². The predicted octanol–water partition coefficient (Wildman–Crippen LogP) is 3.29. The third kappa shape index (κ3) is 3.07. The zero-order valence-corrected chi connectivity index (χ0v) is 14.8. The largest absolute Gasteiger partial charge is 0.496 e. The second-order valence-electron chi connectivity index (χ2n) is 5.92. The standard InChI is InChI=1S/C20H18N4O2/c1-13-9-10-15(11-17(13)26-3)18(25)16(12-21)20-23-22-19(24(20)2)14-7-5-4-6-8-14/h4-11,16H,1-3H3/t16-/m1/s1. The van der Waals surface area contributed by atoms with E-state index in [1.54, 1.807) is 36.9 Å². The van der Waals surface area contributed by atoms with Crippen molar-refractivity contribution in [2.45, 2.75) is 12.8 Å². The summed E-state index contributed by atoms with van der Waals surface area (Å²) in [6.07, 6.45) is 0. The summed E-state index contributed by atoms with van der Waals surface area (Å²) < 4.78 is 6.96. The topological polar surface area (TPSA) is 80.8 Å². The van der Waals surface area contributed by atoms with Crippen molar-refractivity contribution in [3.8, 4) is 23.2 Å². The highest BCUT2D eigenvalue weighted by Gasteiger charge is 2.28. The number of ketones is 1. The number of rotatable bonds is 5. The van der Waals surface area contributed by atoms with E-state index in [0.29, 0.717) is 23.0 Å². The minimum atomic E-state index is -1.04. The lowest BCUT2D eigenvalue weighted by Crippen LogP contribution is -2.16. The molecule has 3 rings (SSSR count). The van der Waals surface area contributed by atoms with Crippen molar-refractivity contribution in [1.29, 1.82) is 5.26 Å². The summed E-state index contributed by atoms with van der Waals surface area (Å²) >= 11 is 0. The SMILES string of the molecule is COc1cc(C(=O)[C@@H](C#N)c2nnc(-c3ccccc3)n2C)ccc1C. The number of nitriles is 1. The van der Waals surface area contributed by atoms with Crippen molar-refractivity contribution in [2.75, 3.05) is 7.11 Å². The second-order valence-corrected chi connectivity index (χ2v) is 5.92. The molecule has 0 saturated heterocycles. The van der Waals surface area contributed by atoms with Crippen LogP contribution in [0.4, 0.5) is 0 Å². The number of methoxy groups -OCH3 is 1. The number of carbonyl (C=O) groups is 1. The molecule has 0 N–H and O–H groups in total. The van der Waals surface area contributed by atoms with Gasteiger partial charge < -0.3 is 9.30 Å². The molecule has 26 heavy (non-hydrogen) atoms. The Morgan fingerprint density at radius 3 is 2.58 bits per heavy atom. The Balaban J connectivity index is 1.99. The van der Waals surface area contributed by atoms with Crippen molar-refractivity contribution in [3.63, 3.8) is 0 Å². The normalized spacial score (nSPS) is 11.6. The molecule has 0 fully saturated rings. The molecule has 1 atom stereocenters. The molecule has 0 aliphatic rings. The average Bonchev–Trinajstić information content (AvgIpc) is 3.05. The number of ether oxygens (including phenoxy) is 1. The quantitative estimate of drug-likeness (QED) is 0.662. The summed E-state index contributed by atoms with van der Waals surface area (Å²) in [7, 11) is 3.30. The molecular weight excluding hydrogens is 328 g/mol. The summed E-state index contributed by atoms with van der Waals surface area (Å²) in [6, 6.07) is 16.7. The first-order chi connectivity index (χ1) is 12.6. The third-order valence-corrected chi connectivity index (χ3v) is 4.28. The highest BCUT2D eigenvalue weighted by molar-refractivity contribution is 6.02. The van der Waals surface area contributed by atoms with Crippen LogP contribution in [-0.4, -0.2) is 27.7 Å². The van der Waals surface area contributed by atoms with E-state index in [9.17, 15) is 10.1 Å². The van der Waals surface area contributed by atoms with Crippen molar-refractivity contribution in [2.24, 2.45) is 7.05 Å². The van der Waals surface area contributed by atoms with Gasteiger partial charge >= 0.3 is 0 Å². The van der Waals surface area contributed by atoms with E-state index in [2.05, 4.69) is 16.3 Å². The lowest BCUT2D eigenvalue weighted by molar-refractivity contribution is 0.0974. The first kappa shape index (κ1) is 17.4. The smallest absolute Gasteiger partial charge is 0.187 e. The van der Waals surface area contributed by atoms with Crippen molar-refractivity contribution in [3.05, 3.63) is 65.5 Å². The molecule has 0 radical (unpaired) electrons. The Morgan fingerprint density at radius 2 is 1.92 bits per heavy atom. The molecule has 6 heteroatoms. The van der Waals surface area contributed by atoms with Gasteiger partial charge in [0.2, 0.25) is 0 Å². The number of hydrogen-bond donors (Lipinski definition) is 0. The van der Waals surface area contributed by atoms with E-state index in [0.717, 1.165) is 11.1 Å². The van der Waals surface area contributed by atoms with Crippen molar-refractivity contribution in [1.82, 2.24) is 14.8 Å². The summed E-state index contributed by atoms with van der Waals surface area (Å²) in [5.41, 5.74) is 2.20. The Hall–Kier alpha value is -3.46. The molecule has 1 aromatic heterocycles. The minimum absolute atomic E-state index is 0.316. The van der Waals surface area contributed by atoms with Crippen LogP contribution in [0, 0.1) is 18.3 Å². The van der Waals surface area contributed by atoms with Crippen molar-refractivity contribution >= 4 is 5.78 Å². The molecule has 1 heterocycles. The van der Waals surface area contributed by atoms with Crippen LogP contribution in [0.2, 0.25) is 0 Å². The molecule has 130 valence electrons. The molecule has 2 aromatic carbocycles. The molecule has 0 spiro atoms. The van der Waals surface area contributed by atoms with Crippen LogP contribution in [0.5, 0.6) is 5.75 Å². The van der Waals surface area contributed by atoms with E-state index in [1.165, 1.54) is 0 Å². The highest BCUT2D eigenvalue weighted by atomic mass is 16.5. The fraction of sp³-hybridized carbons (Fsp3) is 0.200. The second kappa shape index (κ2) is 7.19. The van der Waals surface area contributed by atoms with Crippen LogP contribution in [0.3, 0.4) is 0 Å². The maximum Gasteiger partial charge on any atom is 0.187 e. The van der Waals surface area contributed by atoms with Gasteiger partial charge in [0, 0.05) is 18.2 Å². The number of Topliss-reactive ketones (excluding diaryl/α,β-unsaturated/α-hetero) is 1. The lowest BCUT2D eigenvalue weighted by atomic mass is 9.97. The number of aromatic nitrogens is 3. The first-order valence-electron chi connectivity index (χ1n) is 8.10. The first-order valence-corrected chi connectivity index (χ1v) is 8.10. The molecule has 0 aliphatic carbocycles. The van der Waals surface area contributed by atoms with Gasteiger partial charge in [0.05, 0.1) is 13.2 Å². The maximum absolute atomic E-state index is 12.9. The number of nitrogens with zero attached hydrogens (tertiary/aromatic N) is 4. The monoisotopic (exact) mass is 346 g/mol. The predicted molar refractivity (Wildman–Crippen MR) is 96.9 cm³/mol. The number of aryl methyl sites for hydroxylation is 1. The van der Waals surface area contributed by atoms with Gasteiger partial charge in [-0.1, -0.05) is 42.5 Å². The van der Waals surface area contributed by atoms with E-state index < -0.39 is 5.92 Å². The molecule has 0 bridgehead atoms. The van der Waals surface area contributed by atoms with Gasteiger partial charge in [-0.15, -0.1) is 10.2 Å². The van der Waals surface area contributed by atoms with Gasteiger partial charge in [-0.25, -0.2) is 0 Å². The Bertz CT molecular complexity index is 987. The van der Waals surface area contributed by atoms with E-state index >= 15 is 0 Å². The Kier molecular flexibility index (Phi) is 4.81. The van der Waals surface area contributed by atoms with Crippen LogP contribution in [-0.2, 0) is 7.05 Å². The summed E-state index contributed by atoms with van der Waals surface area (Å²) in [4.78, 5) is 12.9. The van der Waals surface area contributed by atoms with Gasteiger partial charge in [-0.2, -0.15) is 5.26 Å². The minimum Gasteiger partial charge on any atom is -0.496 e. The molecule has 0 saturated carbocycles. The van der Waals surface area contributed by atoms with Gasteiger partial charge in [-0.05, 0) is 18.6 Å². The highest BCUT2D eigenvalue weighted by Crippen LogP contribution is 2.26. The van der Waals surface area contributed by atoms with E-state index in [-0.39, 0.29) is 5.78 Å². The van der Waals surface area contributed by atoms with E-state index in [1.807, 2.05) is 37.3 Å². The third-order valence-electron chi connectivity index (χ3n) is 4.28. The molecule has 0 unspecified atom stereocenters. The average molecular weight is 346 g/mol. The molecule has 3 aromatic rings. The van der Waals surface area contributed by atoms with Crippen molar-refractivity contribution < 1.29 is 9.53 Å². The molecular formula is C20H18N4O2. The maximum atomic E-state index is 12.9. The van der Waals surface area contributed by atoms with Gasteiger partial charge in [0.1, 0.15) is 5.75 Å². The summed E-state index contributed by atoms with van der Waals surface area (Å²) in [5, 5.41) is 17.9. The molecule has 0 aliphatic heterocycles. The van der Waals surface area contributed by atoms with Gasteiger partial charge in [0.15, 0.2) is 23.3 Å². The molecule has 6 nitrogen and oxygen atoms in total. The number of benzene rings is 2. The van der Waals surface area contributed by atoms with Crippen LogP contribution >= 0.6 is 0 Å². The van der Waals surface area contributed by atoms with Crippen LogP contribution in [0.25, 0.3) is 11.4 Å². The fourth-order valence-corrected chi connectivity index (χ4v) is 2.80.